The first-order chi connectivity index (χ1) is 13.8. The summed E-state index contributed by atoms with van der Waals surface area (Å²) in [5.74, 6) is -1.30. The van der Waals surface area contributed by atoms with Gasteiger partial charge in [-0.15, -0.1) is 0 Å². The predicted octanol–water partition coefficient (Wildman–Crippen LogP) is 2.60. The predicted molar refractivity (Wildman–Crippen MR) is 108 cm³/mol. The zero-order valence-electron chi connectivity index (χ0n) is 16.0. The Bertz CT molecular complexity index is 914. The van der Waals surface area contributed by atoms with Crippen LogP contribution in [0, 0.1) is 16.0 Å². The van der Waals surface area contributed by atoms with Crippen LogP contribution in [0.3, 0.4) is 0 Å². The number of phenolic OH excluding ortho intramolecular Hbond substituents is 1. The van der Waals surface area contributed by atoms with Gasteiger partial charge < -0.3 is 10.4 Å². The van der Waals surface area contributed by atoms with Gasteiger partial charge in [-0.3, -0.25) is 19.7 Å². The maximum Gasteiger partial charge on any atom is 0.270 e. The van der Waals surface area contributed by atoms with Crippen molar-refractivity contribution in [2.75, 3.05) is 0 Å². The lowest BCUT2D eigenvalue weighted by atomic mass is 9.98. The van der Waals surface area contributed by atoms with Crippen LogP contribution in [-0.4, -0.2) is 34.1 Å². The van der Waals surface area contributed by atoms with E-state index >= 15 is 0 Å². The molecule has 0 radical (unpaired) electrons. The van der Waals surface area contributed by atoms with Gasteiger partial charge in [0.05, 0.1) is 11.1 Å². The molecule has 9 heteroatoms. The van der Waals surface area contributed by atoms with E-state index in [0.29, 0.717) is 12.0 Å². The van der Waals surface area contributed by atoms with Gasteiger partial charge in [-0.2, -0.15) is 5.10 Å². The molecule has 29 heavy (non-hydrogen) atoms. The molecule has 2 atom stereocenters. The summed E-state index contributed by atoms with van der Waals surface area (Å²) >= 11 is 0. The minimum atomic E-state index is -0.830. The molecule has 2 aromatic rings. The van der Waals surface area contributed by atoms with Crippen molar-refractivity contribution in [3.63, 3.8) is 0 Å². The molecule has 0 spiro atoms. The first kappa shape index (κ1) is 21.5. The highest BCUT2D eigenvalue weighted by Gasteiger charge is 2.26. The van der Waals surface area contributed by atoms with Gasteiger partial charge in [0.25, 0.3) is 17.5 Å². The fourth-order valence-electron chi connectivity index (χ4n) is 2.51. The Balaban J connectivity index is 2.10. The third-order valence-electron chi connectivity index (χ3n) is 4.42. The van der Waals surface area contributed by atoms with Crippen molar-refractivity contribution < 1.29 is 19.6 Å². The number of hydrazone groups is 1. The standard InChI is InChI=1S/C20H22N4O5/c1-3-13(2)18(22-19(26)14-7-5-4-6-8-14)20(27)23-21-12-15-11-16(24(28)29)9-10-17(15)25/h4-13,18,25H,3H2,1-2H3,(H,22,26)(H,23,27)/t13-,18-/m1/s1. The van der Waals surface area contributed by atoms with Crippen molar-refractivity contribution in [2.24, 2.45) is 11.0 Å². The van der Waals surface area contributed by atoms with Gasteiger partial charge in [0.1, 0.15) is 11.8 Å². The number of benzene rings is 2. The molecule has 0 saturated heterocycles. The van der Waals surface area contributed by atoms with Gasteiger partial charge in [-0.1, -0.05) is 38.5 Å². The van der Waals surface area contributed by atoms with E-state index < -0.39 is 16.9 Å². The van der Waals surface area contributed by atoms with Crippen LogP contribution in [0.15, 0.2) is 53.6 Å². The molecule has 2 aromatic carbocycles. The highest BCUT2D eigenvalue weighted by molar-refractivity contribution is 5.97. The van der Waals surface area contributed by atoms with Crippen molar-refractivity contribution in [2.45, 2.75) is 26.3 Å². The van der Waals surface area contributed by atoms with Crippen LogP contribution < -0.4 is 10.7 Å². The molecule has 0 unspecified atom stereocenters. The van der Waals surface area contributed by atoms with Gasteiger partial charge in [0, 0.05) is 23.3 Å². The molecule has 0 aliphatic rings. The number of hydrogen-bond donors (Lipinski definition) is 3. The Hall–Kier alpha value is -3.75. The van der Waals surface area contributed by atoms with E-state index in [1.807, 2.05) is 13.8 Å². The molecule has 0 heterocycles. The van der Waals surface area contributed by atoms with E-state index in [4.69, 9.17) is 0 Å². The molecule has 2 rings (SSSR count). The third-order valence-corrected chi connectivity index (χ3v) is 4.42. The number of nitrogens with one attached hydrogen (secondary N) is 2. The topological polar surface area (TPSA) is 134 Å². The third kappa shape index (κ3) is 5.86. The SMILES string of the molecule is CC[C@@H](C)[C@@H](NC(=O)c1ccccc1)C(=O)NN=Cc1cc([N+](=O)[O-])ccc1O. The highest BCUT2D eigenvalue weighted by Crippen LogP contribution is 2.21. The summed E-state index contributed by atoms with van der Waals surface area (Å²) in [6, 6.07) is 11.2. The van der Waals surface area contributed by atoms with E-state index in [-0.39, 0.29) is 28.8 Å². The van der Waals surface area contributed by atoms with E-state index in [0.717, 1.165) is 18.3 Å². The van der Waals surface area contributed by atoms with Crippen molar-refractivity contribution in [1.29, 1.82) is 0 Å². The zero-order valence-corrected chi connectivity index (χ0v) is 16.0. The molecule has 0 fully saturated rings. The fourth-order valence-corrected chi connectivity index (χ4v) is 2.51. The Kier molecular flexibility index (Phi) is 7.41. The van der Waals surface area contributed by atoms with Crippen molar-refractivity contribution in [3.05, 3.63) is 69.8 Å². The summed E-state index contributed by atoms with van der Waals surface area (Å²) in [5, 5.41) is 27.1. The number of rotatable bonds is 8. The number of non-ortho nitro benzene ring substituents is 1. The second-order valence-corrected chi connectivity index (χ2v) is 6.44. The average Bonchev–Trinajstić information content (AvgIpc) is 2.72. The molecule has 0 bridgehead atoms. The van der Waals surface area contributed by atoms with Gasteiger partial charge in [-0.25, -0.2) is 5.43 Å². The minimum absolute atomic E-state index is 0.0768. The molecular formula is C20H22N4O5. The Morgan fingerprint density at radius 3 is 2.55 bits per heavy atom. The van der Waals surface area contributed by atoms with Crippen LogP contribution in [0.4, 0.5) is 5.69 Å². The summed E-state index contributed by atoms with van der Waals surface area (Å²) in [4.78, 5) is 35.2. The molecule has 0 aliphatic heterocycles. The molecule has 0 aliphatic carbocycles. The van der Waals surface area contributed by atoms with Gasteiger partial charge in [0.2, 0.25) is 0 Å². The quantitative estimate of drug-likeness (QED) is 0.357. The number of nitrogens with zero attached hydrogens (tertiary/aromatic N) is 2. The van der Waals surface area contributed by atoms with Crippen LogP contribution >= 0.6 is 0 Å². The number of aromatic hydroxyl groups is 1. The van der Waals surface area contributed by atoms with Gasteiger partial charge >= 0.3 is 0 Å². The second-order valence-electron chi connectivity index (χ2n) is 6.44. The lowest BCUT2D eigenvalue weighted by Crippen LogP contribution is -2.49. The Labute approximate surface area is 167 Å². The number of hydrogen-bond acceptors (Lipinski definition) is 6. The molecule has 152 valence electrons. The summed E-state index contributed by atoms with van der Waals surface area (Å²) < 4.78 is 0. The molecule has 0 aromatic heterocycles. The summed E-state index contributed by atoms with van der Waals surface area (Å²) in [5.41, 5.74) is 2.60. The Morgan fingerprint density at radius 1 is 1.24 bits per heavy atom. The van der Waals surface area contributed by atoms with Gasteiger partial charge in [0.15, 0.2) is 0 Å². The summed E-state index contributed by atoms with van der Waals surface area (Å²) in [7, 11) is 0. The van der Waals surface area contributed by atoms with Crippen LogP contribution in [0.2, 0.25) is 0 Å². The summed E-state index contributed by atoms with van der Waals surface area (Å²) in [6.45, 7) is 3.72. The highest BCUT2D eigenvalue weighted by atomic mass is 16.6. The second kappa shape index (κ2) is 9.98. The number of nitro benzene ring substituents is 1. The van der Waals surface area contributed by atoms with Gasteiger partial charge in [-0.05, 0) is 24.1 Å². The molecule has 0 saturated carbocycles. The largest absolute Gasteiger partial charge is 0.507 e. The zero-order chi connectivity index (χ0) is 21.4. The van der Waals surface area contributed by atoms with E-state index in [9.17, 15) is 24.8 Å². The maximum absolute atomic E-state index is 12.6. The molecule has 9 nitrogen and oxygen atoms in total. The monoisotopic (exact) mass is 398 g/mol. The Morgan fingerprint density at radius 2 is 1.93 bits per heavy atom. The number of phenols is 1. The lowest BCUT2D eigenvalue weighted by Gasteiger charge is -2.22. The smallest absolute Gasteiger partial charge is 0.270 e. The maximum atomic E-state index is 12.6. The number of amides is 2. The molecule has 3 N–H and O–H groups in total. The summed E-state index contributed by atoms with van der Waals surface area (Å²) in [6.07, 6.45) is 1.75. The van der Waals surface area contributed by atoms with Crippen LogP contribution in [-0.2, 0) is 4.79 Å². The first-order valence-corrected chi connectivity index (χ1v) is 8.99. The van der Waals surface area contributed by atoms with Crippen molar-refractivity contribution in [1.82, 2.24) is 10.7 Å². The normalized spacial score (nSPS) is 12.9. The number of carbonyl (C=O) groups is 2. The van der Waals surface area contributed by atoms with E-state index in [1.54, 1.807) is 30.3 Å². The average molecular weight is 398 g/mol. The first-order valence-electron chi connectivity index (χ1n) is 8.99. The minimum Gasteiger partial charge on any atom is -0.507 e. The molecular weight excluding hydrogens is 376 g/mol. The lowest BCUT2D eigenvalue weighted by molar-refractivity contribution is -0.384. The number of carbonyl (C=O) groups excluding carboxylic acids is 2. The van der Waals surface area contributed by atoms with Crippen molar-refractivity contribution in [3.8, 4) is 5.75 Å². The van der Waals surface area contributed by atoms with Crippen LogP contribution in [0.5, 0.6) is 5.75 Å². The van der Waals surface area contributed by atoms with Crippen molar-refractivity contribution >= 4 is 23.7 Å². The van der Waals surface area contributed by atoms with Crippen LogP contribution in [0.1, 0.15) is 36.2 Å². The number of nitro groups is 1. The molecule has 2 amide bonds. The van der Waals surface area contributed by atoms with E-state index in [1.165, 1.54) is 6.07 Å². The fraction of sp³-hybridized carbons (Fsp3) is 0.250. The van der Waals surface area contributed by atoms with E-state index in [2.05, 4.69) is 15.8 Å². The van der Waals surface area contributed by atoms with Crippen LogP contribution in [0.25, 0.3) is 0 Å².